The Morgan fingerprint density at radius 1 is 0.579 bits per heavy atom. The quantitative estimate of drug-likeness (QED) is 0.337. The molecule has 0 amide bonds. The molecule has 202 valence electrons. The van der Waals surface area contributed by atoms with Crippen molar-refractivity contribution < 1.29 is 43.6 Å². The molecule has 4 nitrogen and oxygen atoms in total. The Balaban J connectivity index is 0.000000354. The van der Waals surface area contributed by atoms with Crippen molar-refractivity contribution >= 4 is 11.8 Å². The molecule has 4 aliphatic carbocycles. The standard InChI is InChI=1S/C22H26N2O2.2C5H5.2Fe/c1-13(2)19-11-25-21(23-19)17-9-5-7-15(17)16-8-6-10-18(16)22-24-20(12-26-22)14(3)4;2*1-2-4-5-3-1;;/h5-10,13-14,19-20H,11-12H2,1-4H3;2*1-5H;;. The SMILES string of the molecule is CC(C)C1COC(C2=CC=CC2=C2C=CC=C2C2=NC(C(C)C)CO2)=N1.[CH]1C=CC=C1.[CH]1C=CC=C1.[Fe].[Fe]. The Bertz CT molecular complexity index is 1050. The molecular weight excluding hydrogens is 556 g/mol. The van der Waals surface area contributed by atoms with Crippen LogP contribution >= 0.6 is 0 Å². The van der Waals surface area contributed by atoms with E-state index >= 15 is 0 Å². The van der Waals surface area contributed by atoms with Crippen LogP contribution in [0.2, 0.25) is 0 Å². The van der Waals surface area contributed by atoms with Crippen LogP contribution in [-0.2, 0) is 43.6 Å². The molecule has 2 heterocycles. The Morgan fingerprint density at radius 3 is 1.21 bits per heavy atom. The van der Waals surface area contributed by atoms with Crippen LogP contribution in [0.25, 0.3) is 0 Å². The van der Waals surface area contributed by atoms with E-state index in [1.54, 1.807) is 0 Å². The van der Waals surface area contributed by atoms with E-state index in [0.29, 0.717) is 25.0 Å². The fraction of sp³-hybridized carbons (Fsp3) is 0.312. The summed E-state index contributed by atoms with van der Waals surface area (Å²) in [7, 11) is 0. The average molecular weight is 592 g/mol. The van der Waals surface area contributed by atoms with Crippen LogP contribution in [0.4, 0.5) is 0 Å². The van der Waals surface area contributed by atoms with E-state index in [1.165, 1.54) is 0 Å². The number of hydrogen-bond donors (Lipinski definition) is 0. The van der Waals surface area contributed by atoms with Gasteiger partial charge in [0.05, 0.1) is 12.1 Å². The molecule has 6 rings (SSSR count). The summed E-state index contributed by atoms with van der Waals surface area (Å²) in [6.07, 6.45) is 32.5. The molecule has 0 aromatic carbocycles. The summed E-state index contributed by atoms with van der Waals surface area (Å²) < 4.78 is 11.8. The van der Waals surface area contributed by atoms with E-state index in [0.717, 1.165) is 34.1 Å². The minimum absolute atomic E-state index is 0. The van der Waals surface area contributed by atoms with Gasteiger partial charge in [-0.05, 0) is 35.1 Å². The van der Waals surface area contributed by atoms with E-state index in [4.69, 9.17) is 19.5 Å². The molecule has 6 aliphatic rings. The summed E-state index contributed by atoms with van der Waals surface area (Å²) >= 11 is 0. The van der Waals surface area contributed by atoms with Gasteiger partial charge in [-0.15, -0.1) is 0 Å². The predicted octanol–water partition coefficient (Wildman–Crippen LogP) is 6.81. The van der Waals surface area contributed by atoms with Crippen molar-refractivity contribution in [1.82, 2.24) is 0 Å². The van der Waals surface area contributed by atoms with Crippen molar-refractivity contribution in [3.63, 3.8) is 0 Å². The number of rotatable bonds is 4. The van der Waals surface area contributed by atoms with Crippen molar-refractivity contribution in [2.45, 2.75) is 39.8 Å². The smallest absolute Gasteiger partial charge is 0.217 e. The fourth-order valence-corrected chi connectivity index (χ4v) is 4.08. The molecule has 0 aromatic rings. The Labute approximate surface area is 249 Å². The van der Waals surface area contributed by atoms with Gasteiger partial charge in [0.25, 0.3) is 0 Å². The van der Waals surface area contributed by atoms with Crippen molar-refractivity contribution in [3.8, 4) is 0 Å². The molecule has 38 heavy (non-hydrogen) atoms. The van der Waals surface area contributed by atoms with Gasteiger partial charge < -0.3 is 9.47 Å². The second-order valence-corrected chi connectivity index (χ2v) is 9.74. The molecule has 2 atom stereocenters. The maximum Gasteiger partial charge on any atom is 0.217 e. The van der Waals surface area contributed by atoms with E-state index in [-0.39, 0.29) is 46.2 Å². The zero-order valence-corrected chi connectivity index (χ0v) is 24.6. The molecule has 0 aromatic heterocycles. The van der Waals surface area contributed by atoms with Gasteiger partial charge in [0, 0.05) is 58.1 Å². The van der Waals surface area contributed by atoms with Gasteiger partial charge in [-0.2, -0.15) is 0 Å². The summed E-state index contributed by atoms with van der Waals surface area (Å²) in [5, 5.41) is 0. The molecule has 0 saturated heterocycles. The Hall–Kier alpha value is -2.36. The van der Waals surface area contributed by atoms with Gasteiger partial charge in [-0.3, -0.25) is 0 Å². The summed E-state index contributed by atoms with van der Waals surface area (Å²) in [6, 6.07) is 0.474. The molecule has 0 N–H and O–H groups in total. The van der Waals surface area contributed by atoms with E-state index in [9.17, 15) is 0 Å². The van der Waals surface area contributed by atoms with Crippen LogP contribution in [0.15, 0.2) is 117 Å². The van der Waals surface area contributed by atoms with E-state index in [1.807, 2.05) is 61.4 Å². The second-order valence-electron chi connectivity index (χ2n) is 9.74. The largest absolute Gasteiger partial charge is 0.475 e. The van der Waals surface area contributed by atoms with Crippen LogP contribution in [0, 0.1) is 24.7 Å². The topological polar surface area (TPSA) is 43.2 Å². The third-order valence-electron chi connectivity index (χ3n) is 6.38. The van der Waals surface area contributed by atoms with Crippen molar-refractivity contribution in [2.24, 2.45) is 21.8 Å². The molecule has 2 radical (unpaired) electrons. The molecular formula is C32H36Fe2N2O2. The van der Waals surface area contributed by atoms with Gasteiger partial charge >= 0.3 is 0 Å². The third kappa shape index (κ3) is 8.32. The maximum absolute atomic E-state index is 5.91. The van der Waals surface area contributed by atoms with E-state index in [2.05, 4.69) is 64.2 Å². The number of hydrogen-bond acceptors (Lipinski definition) is 4. The Kier molecular flexibility index (Phi) is 13.3. The fourth-order valence-electron chi connectivity index (χ4n) is 4.08. The van der Waals surface area contributed by atoms with Crippen LogP contribution in [0.5, 0.6) is 0 Å². The second kappa shape index (κ2) is 15.9. The first-order valence-electron chi connectivity index (χ1n) is 12.8. The zero-order chi connectivity index (χ0) is 25.3. The molecule has 0 bridgehead atoms. The van der Waals surface area contributed by atoms with Crippen LogP contribution in [0.1, 0.15) is 27.7 Å². The van der Waals surface area contributed by atoms with Crippen LogP contribution < -0.4 is 0 Å². The molecule has 2 aliphatic heterocycles. The van der Waals surface area contributed by atoms with Crippen LogP contribution in [0.3, 0.4) is 0 Å². The predicted molar refractivity (Wildman–Crippen MR) is 151 cm³/mol. The number of aliphatic imine (C=N–C) groups is 2. The van der Waals surface area contributed by atoms with Gasteiger partial charge in [-0.1, -0.05) is 101 Å². The normalized spacial score (nSPS) is 25.1. The monoisotopic (exact) mass is 592 g/mol. The summed E-state index contributed by atoms with van der Waals surface area (Å²) in [5.74, 6) is 2.47. The van der Waals surface area contributed by atoms with Gasteiger partial charge in [0.15, 0.2) is 0 Å². The van der Waals surface area contributed by atoms with Crippen LogP contribution in [-0.4, -0.2) is 37.1 Å². The Morgan fingerprint density at radius 2 is 0.947 bits per heavy atom. The summed E-state index contributed by atoms with van der Waals surface area (Å²) in [4.78, 5) is 9.59. The first-order valence-corrected chi connectivity index (χ1v) is 12.8. The first kappa shape index (κ1) is 31.9. The third-order valence-corrected chi connectivity index (χ3v) is 6.38. The minimum atomic E-state index is 0. The molecule has 0 saturated carbocycles. The van der Waals surface area contributed by atoms with Gasteiger partial charge in [0.1, 0.15) is 13.2 Å². The number of ether oxygens (including phenoxy) is 2. The number of allylic oxidation sites excluding steroid dienone is 14. The maximum atomic E-state index is 5.91. The molecule has 0 fully saturated rings. The average Bonchev–Trinajstić information content (AvgIpc) is 3.72. The van der Waals surface area contributed by atoms with Crippen molar-refractivity contribution in [1.29, 1.82) is 0 Å². The number of nitrogens with zero attached hydrogens (tertiary/aromatic N) is 2. The van der Waals surface area contributed by atoms with Crippen molar-refractivity contribution in [3.05, 3.63) is 120 Å². The van der Waals surface area contributed by atoms with Gasteiger partial charge in [0.2, 0.25) is 11.8 Å². The molecule has 2 unspecified atom stereocenters. The molecule has 6 heteroatoms. The first-order chi connectivity index (χ1) is 17.5. The summed E-state index contributed by atoms with van der Waals surface area (Å²) in [6.45, 7) is 10.1. The zero-order valence-electron chi connectivity index (χ0n) is 22.4. The summed E-state index contributed by atoms with van der Waals surface area (Å²) in [5.41, 5.74) is 4.37. The minimum Gasteiger partial charge on any atom is -0.475 e. The van der Waals surface area contributed by atoms with Gasteiger partial charge in [-0.25, -0.2) is 9.98 Å². The van der Waals surface area contributed by atoms with E-state index < -0.39 is 0 Å². The molecule has 0 spiro atoms. The van der Waals surface area contributed by atoms with Crippen molar-refractivity contribution in [2.75, 3.05) is 13.2 Å².